The van der Waals surface area contributed by atoms with Crippen LogP contribution >= 0.6 is 22.9 Å². The minimum Gasteiger partial charge on any atom is -0.731 e. The molecule has 0 aromatic carbocycles. The van der Waals surface area contributed by atoms with E-state index < -0.39 is 34.2 Å². The molecule has 1 aromatic heterocycles. The first-order valence-corrected chi connectivity index (χ1v) is 8.97. The number of aromatic nitrogens is 1. The average molecular weight is 420 g/mol. The van der Waals surface area contributed by atoms with Gasteiger partial charge in [0, 0.05) is 11.3 Å². The molecule has 1 aliphatic heterocycles. The van der Waals surface area contributed by atoms with Gasteiger partial charge in [-0.1, -0.05) is 5.16 Å². The summed E-state index contributed by atoms with van der Waals surface area (Å²) in [5.41, 5.74) is 5.33. The summed E-state index contributed by atoms with van der Waals surface area (Å²) < 4.78 is 33.1. The van der Waals surface area contributed by atoms with Crippen molar-refractivity contribution in [2.24, 2.45) is 5.16 Å². The van der Waals surface area contributed by atoms with Crippen molar-refractivity contribution in [1.82, 2.24) is 14.6 Å². The Morgan fingerprint density at radius 3 is 2.72 bits per heavy atom. The molecule has 1 fully saturated rings. The number of hydrogen-bond donors (Lipinski definition) is 2. The molecular weight excluding hydrogens is 409 g/mol. The van der Waals surface area contributed by atoms with E-state index >= 15 is 0 Å². The fourth-order valence-electron chi connectivity index (χ4n) is 2.01. The number of β-lactam (4-membered cyclic amide) rings is 1. The number of nitrogens with zero attached hydrogens (tertiary/aromatic N) is 3. The molecule has 0 spiro atoms. The number of halogens is 1. The second kappa shape index (κ2) is 8.62. The van der Waals surface area contributed by atoms with E-state index in [2.05, 4.69) is 20.3 Å². The largest absolute Gasteiger partial charge is 1.00 e. The van der Waals surface area contributed by atoms with E-state index in [-0.39, 0.29) is 56.3 Å². The van der Waals surface area contributed by atoms with E-state index in [1.807, 2.05) is 0 Å². The van der Waals surface area contributed by atoms with Crippen molar-refractivity contribution < 1.29 is 57.0 Å². The number of anilines is 1. The van der Waals surface area contributed by atoms with E-state index in [1.165, 1.54) is 12.5 Å². The number of thiazole rings is 1. The molecule has 2 rings (SSSR count). The second-order valence-electron chi connectivity index (χ2n) is 4.46. The number of nitrogens with two attached hydrogens (primary N) is 1. The van der Waals surface area contributed by atoms with Crippen LogP contribution in [-0.4, -0.2) is 64.9 Å². The molecular formula is C10H11ClN5NaO6S2. The van der Waals surface area contributed by atoms with Gasteiger partial charge in [-0.2, -0.15) is 0 Å². The third kappa shape index (κ3) is 4.61. The van der Waals surface area contributed by atoms with Gasteiger partial charge in [0.25, 0.3) is 11.8 Å². The number of carbonyl (C=O) groups excluding carboxylic acids is 2. The standard InChI is InChI=1S/C10H12ClN5O6S2.Na/c1-22-15-6(4-3-23-10(12)13-4)8(17)14-7-5(2-11)16(9(7)18)24(19,20)21;/h3,5,7H,2H2,1H3,(H2,12,13)(H,14,17)(H,19,20,21);/q;+1/p-1/b15-6-;/t5-,7+;/m0./s1. The van der Waals surface area contributed by atoms with Gasteiger partial charge < -0.3 is 20.4 Å². The number of carbonyl (C=O) groups is 2. The van der Waals surface area contributed by atoms with Gasteiger partial charge >= 0.3 is 29.6 Å². The first kappa shape index (κ1) is 22.1. The Morgan fingerprint density at radius 2 is 2.28 bits per heavy atom. The summed E-state index contributed by atoms with van der Waals surface area (Å²) in [7, 11) is -3.81. The minimum absolute atomic E-state index is 0. The molecule has 1 aliphatic rings. The molecule has 15 heteroatoms. The first-order valence-electron chi connectivity index (χ1n) is 6.19. The van der Waals surface area contributed by atoms with Crippen LogP contribution in [0.15, 0.2) is 10.5 Å². The summed E-state index contributed by atoms with van der Waals surface area (Å²) >= 11 is 6.64. The van der Waals surface area contributed by atoms with Gasteiger partial charge in [0.1, 0.15) is 18.8 Å². The number of alkyl halides is 1. The molecule has 1 aromatic rings. The van der Waals surface area contributed by atoms with Crippen LogP contribution in [0.4, 0.5) is 5.13 Å². The quantitative estimate of drug-likeness (QED) is 0.116. The fourth-order valence-corrected chi connectivity index (χ4v) is 3.81. The monoisotopic (exact) mass is 419 g/mol. The Labute approximate surface area is 173 Å². The molecule has 11 nitrogen and oxygen atoms in total. The van der Waals surface area contributed by atoms with Crippen LogP contribution in [0.25, 0.3) is 0 Å². The van der Waals surface area contributed by atoms with Crippen molar-refractivity contribution >= 4 is 55.9 Å². The second-order valence-corrected chi connectivity index (χ2v) is 6.91. The number of nitrogens with one attached hydrogen (secondary N) is 1. The van der Waals surface area contributed by atoms with Gasteiger partial charge in [-0.3, -0.25) is 9.59 Å². The van der Waals surface area contributed by atoms with Gasteiger partial charge in [-0.15, -0.1) is 22.9 Å². The summed E-state index contributed by atoms with van der Waals surface area (Å²) in [4.78, 5) is 32.5. The number of amides is 2. The molecule has 0 aliphatic carbocycles. The van der Waals surface area contributed by atoms with E-state index in [1.54, 1.807) is 0 Å². The smallest absolute Gasteiger partial charge is 0.731 e. The van der Waals surface area contributed by atoms with Crippen LogP contribution in [0.1, 0.15) is 5.69 Å². The topological polar surface area (TPSA) is 167 Å². The van der Waals surface area contributed by atoms with Crippen LogP contribution in [0.3, 0.4) is 0 Å². The molecule has 2 amide bonds. The molecule has 3 N–H and O–H groups in total. The SMILES string of the molecule is CO/N=C(\C(=O)N[C@H]1C(=O)N(S(=O)(=O)[O-])[C@H]1CCl)c1csc(N)n1.[Na+]. The van der Waals surface area contributed by atoms with Crippen molar-refractivity contribution in [3.05, 3.63) is 11.1 Å². The Balaban J connectivity index is 0.00000312. The summed E-state index contributed by atoms with van der Waals surface area (Å²) in [6.07, 6.45) is 0. The van der Waals surface area contributed by atoms with Gasteiger partial charge in [-0.05, 0) is 0 Å². The van der Waals surface area contributed by atoms with Crippen molar-refractivity contribution in [1.29, 1.82) is 0 Å². The zero-order valence-corrected chi connectivity index (χ0v) is 17.4. The zero-order valence-electron chi connectivity index (χ0n) is 13.0. The maximum Gasteiger partial charge on any atom is 1.00 e. The van der Waals surface area contributed by atoms with Crippen LogP contribution in [0.5, 0.6) is 0 Å². The number of nitrogen functional groups attached to an aromatic ring is 1. The average Bonchev–Trinajstić information content (AvgIpc) is 2.91. The van der Waals surface area contributed by atoms with E-state index in [0.717, 1.165) is 11.3 Å². The van der Waals surface area contributed by atoms with Crippen molar-refractivity contribution in [3.63, 3.8) is 0 Å². The van der Waals surface area contributed by atoms with Crippen molar-refractivity contribution in [2.45, 2.75) is 12.1 Å². The molecule has 0 unspecified atom stereocenters. The first-order chi connectivity index (χ1) is 11.2. The predicted molar refractivity (Wildman–Crippen MR) is 83.1 cm³/mol. The van der Waals surface area contributed by atoms with Crippen LogP contribution in [-0.2, 0) is 24.7 Å². The van der Waals surface area contributed by atoms with Crippen LogP contribution in [0.2, 0.25) is 0 Å². The molecule has 0 bridgehead atoms. The third-order valence-electron chi connectivity index (χ3n) is 3.02. The Bertz CT molecular complexity index is 799. The Morgan fingerprint density at radius 1 is 1.64 bits per heavy atom. The number of rotatable bonds is 6. The number of hydrogen-bond acceptors (Lipinski definition) is 10. The zero-order chi connectivity index (χ0) is 18.1. The number of oxime groups is 1. The maximum absolute atomic E-state index is 12.3. The van der Waals surface area contributed by atoms with Gasteiger partial charge in [-0.25, -0.2) is 17.7 Å². The summed E-state index contributed by atoms with van der Waals surface area (Å²) in [5.74, 6) is -2.31. The third-order valence-corrected chi connectivity index (χ3v) is 4.94. The Hall–Kier alpha value is -0.960. The van der Waals surface area contributed by atoms with Crippen LogP contribution < -0.4 is 40.6 Å². The molecule has 0 radical (unpaired) electrons. The van der Waals surface area contributed by atoms with E-state index in [0.29, 0.717) is 0 Å². The van der Waals surface area contributed by atoms with Gasteiger partial charge in [0.15, 0.2) is 21.1 Å². The molecule has 2 atom stereocenters. The minimum atomic E-state index is -5.01. The van der Waals surface area contributed by atoms with Gasteiger partial charge in [0.05, 0.1) is 6.04 Å². The van der Waals surface area contributed by atoms with E-state index in [4.69, 9.17) is 17.3 Å². The van der Waals surface area contributed by atoms with E-state index in [9.17, 15) is 22.6 Å². The maximum atomic E-state index is 12.3. The normalized spacial score (nSPS) is 20.5. The summed E-state index contributed by atoms with van der Waals surface area (Å²) in [6.45, 7) is 0. The van der Waals surface area contributed by atoms with Gasteiger partial charge in [0.2, 0.25) is 0 Å². The molecule has 1 saturated heterocycles. The molecule has 132 valence electrons. The fraction of sp³-hybridized carbons (Fsp3) is 0.400. The molecule has 25 heavy (non-hydrogen) atoms. The predicted octanol–water partition coefficient (Wildman–Crippen LogP) is -4.53. The summed E-state index contributed by atoms with van der Waals surface area (Å²) in [5, 5.41) is 7.41. The summed E-state index contributed by atoms with van der Waals surface area (Å²) in [6, 6.07) is -2.47. The van der Waals surface area contributed by atoms with Crippen LogP contribution in [0, 0.1) is 0 Å². The van der Waals surface area contributed by atoms with Crippen molar-refractivity contribution in [3.8, 4) is 0 Å². The molecule has 0 saturated carbocycles. The van der Waals surface area contributed by atoms with Crippen molar-refractivity contribution in [2.75, 3.05) is 18.7 Å². The Kier molecular flexibility index (Phi) is 7.61. The molecule has 2 heterocycles.